The van der Waals surface area contributed by atoms with E-state index in [1.54, 1.807) is 23.1 Å². The van der Waals surface area contributed by atoms with Crippen molar-refractivity contribution in [1.82, 2.24) is 24.1 Å². The average Bonchev–Trinajstić information content (AvgIpc) is 3.52. The molecule has 7 heteroatoms. The Morgan fingerprint density at radius 2 is 1.83 bits per heavy atom. The fraction of sp³-hybridized carbons (Fsp3) is 0.174. The van der Waals surface area contributed by atoms with E-state index >= 15 is 0 Å². The molecule has 30 heavy (non-hydrogen) atoms. The van der Waals surface area contributed by atoms with E-state index in [0.29, 0.717) is 0 Å². The van der Waals surface area contributed by atoms with Crippen LogP contribution in [-0.4, -0.2) is 24.1 Å². The van der Waals surface area contributed by atoms with Crippen LogP contribution in [0.1, 0.15) is 22.0 Å². The van der Waals surface area contributed by atoms with Crippen LogP contribution < -0.4 is 0 Å². The smallest absolute Gasteiger partial charge is 0.191 e. The van der Waals surface area contributed by atoms with E-state index in [4.69, 9.17) is 4.98 Å². The van der Waals surface area contributed by atoms with Crippen molar-refractivity contribution >= 4 is 28.7 Å². The number of fused-ring (bicyclic) bond motifs is 1. The molecule has 4 aromatic heterocycles. The lowest BCUT2D eigenvalue weighted by Crippen LogP contribution is -2.08. The number of aromatic nitrogens is 5. The van der Waals surface area contributed by atoms with Crippen molar-refractivity contribution in [2.75, 3.05) is 0 Å². The molecule has 5 aromatic rings. The van der Waals surface area contributed by atoms with Crippen molar-refractivity contribution in [2.24, 2.45) is 0 Å². The van der Waals surface area contributed by atoms with Gasteiger partial charge in [0.15, 0.2) is 5.16 Å². The van der Waals surface area contributed by atoms with Crippen LogP contribution in [0.4, 0.5) is 0 Å². The molecular weight excluding hydrogens is 410 g/mol. The van der Waals surface area contributed by atoms with Gasteiger partial charge >= 0.3 is 0 Å². The van der Waals surface area contributed by atoms with Crippen LogP contribution in [0.25, 0.3) is 5.65 Å². The van der Waals surface area contributed by atoms with Crippen LogP contribution in [0, 0.1) is 0 Å². The summed E-state index contributed by atoms with van der Waals surface area (Å²) in [6.07, 6.45) is 5.88. The maximum atomic E-state index is 4.70. The molecule has 0 atom stereocenters. The summed E-state index contributed by atoms with van der Waals surface area (Å²) in [7, 11) is 0. The van der Waals surface area contributed by atoms with Crippen LogP contribution in [-0.2, 0) is 25.1 Å². The summed E-state index contributed by atoms with van der Waals surface area (Å²) in [5.41, 5.74) is 3.34. The van der Waals surface area contributed by atoms with Crippen LogP contribution >= 0.6 is 23.1 Å². The van der Waals surface area contributed by atoms with E-state index in [2.05, 4.69) is 73.2 Å². The number of nitrogens with zero attached hydrogens (tertiary/aromatic N) is 5. The maximum absolute atomic E-state index is 4.70. The summed E-state index contributed by atoms with van der Waals surface area (Å²) in [6.45, 7) is 0.866. The minimum Gasteiger partial charge on any atom is -0.307 e. The standard InChI is InChI=1S/C23H21N5S2/c1-2-7-18(8-3-1)11-13-28-22(15-20-9-6-14-29-20)25-26-23(28)30-17-19-16-27-12-5-4-10-21(27)24-19/h1-10,12,14,16H,11,13,15,17H2. The second kappa shape index (κ2) is 8.85. The molecule has 0 unspecified atom stereocenters. The summed E-state index contributed by atoms with van der Waals surface area (Å²) >= 11 is 3.46. The lowest BCUT2D eigenvalue weighted by atomic mass is 10.1. The minimum absolute atomic E-state index is 0.768. The molecule has 150 valence electrons. The number of rotatable bonds is 8. The van der Waals surface area contributed by atoms with Crippen LogP contribution in [0.5, 0.6) is 0 Å². The monoisotopic (exact) mass is 431 g/mol. The molecule has 0 aliphatic heterocycles. The number of thiophene rings is 1. The summed E-state index contributed by atoms with van der Waals surface area (Å²) in [6, 6.07) is 20.9. The number of aryl methyl sites for hydroxylation is 1. The number of benzene rings is 1. The summed E-state index contributed by atoms with van der Waals surface area (Å²) < 4.78 is 4.32. The zero-order valence-corrected chi connectivity index (χ0v) is 18.0. The Kier molecular flexibility index (Phi) is 5.63. The molecule has 0 saturated carbocycles. The third-order valence-corrected chi connectivity index (χ3v) is 6.81. The van der Waals surface area contributed by atoms with Crippen molar-refractivity contribution in [2.45, 2.75) is 30.3 Å². The third-order valence-electron chi connectivity index (χ3n) is 4.94. The predicted octanol–water partition coefficient (Wildman–Crippen LogP) is 5.11. The number of hydrogen-bond donors (Lipinski definition) is 0. The highest BCUT2D eigenvalue weighted by molar-refractivity contribution is 7.98. The van der Waals surface area contributed by atoms with Gasteiger partial charge < -0.3 is 8.97 Å². The Bertz CT molecular complexity index is 1190. The van der Waals surface area contributed by atoms with Gasteiger partial charge in [-0.15, -0.1) is 21.5 Å². The average molecular weight is 432 g/mol. The molecule has 1 aromatic carbocycles. The van der Waals surface area contributed by atoms with Crippen molar-refractivity contribution in [3.8, 4) is 0 Å². The lowest BCUT2D eigenvalue weighted by molar-refractivity contribution is 0.610. The zero-order valence-electron chi connectivity index (χ0n) is 16.4. The topological polar surface area (TPSA) is 48.0 Å². The Morgan fingerprint density at radius 3 is 2.67 bits per heavy atom. The summed E-state index contributed by atoms with van der Waals surface area (Å²) in [5, 5.41) is 12.1. The molecule has 0 bridgehead atoms. The van der Waals surface area contributed by atoms with Gasteiger partial charge in [-0.3, -0.25) is 0 Å². The van der Waals surface area contributed by atoms with Gasteiger partial charge in [0, 0.05) is 36.0 Å². The van der Waals surface area contributed by atoms with E-state index in [1.807, 2.05) is 24.4 Å². The zero-order chi connectivity index (χ0) is 20.2. The number of pyridine rings is 1. The lowest BCUT2D eigenvalue weighted by Gasteiger charge is -2.10. The molecule has 0 radical (unpaired) electrons. The second-order valence-electron chi connectivity index (χ2n) is 7.03. The van der Waals surface area contributed by atoms with Gasteiger partial charge in [0.05, 0.1) is 5.69 Å². The third kappa shape index (κ3) is 4.32. The highest BCUT2D eigenvalue weighted by Crippen LogP contribution is 2.24. The summed E-state index contributed by atoms with van der Waals surface area (Å²) in [4.78, 5) is 6.01. The van der Waals surface area contributed by atoms with Crippen molar-refractivity contribution in [1.29, 1.82) is 0 Å². The normalized spacial score (nSPS) is 11.3. The second-order valence-corrected chi connectivity index (χ2v) is 9.00. The number of hydrogen-bond acceptors (Lipinski definition) is 5. The van der Waals surface area contributed by atoms with Gasteiger partial charge in [0.1, 0.15) is 11.5 Å². The van der Waals surface area contributed by atoms with Crippen molar-refractivity contribution in [3.05, 3.63) is 100 Å². The van der Waals surface area contributed by atoms with Crippen molar-refractivity contribution < 1.29 is 0 Å². The van der Waals surface area contributed by atoms with E-state index in [-0.39, 0.29) is 0 Å². The first kappa shape index (κ1) is 19.1. The molecule has 0 spiro atoms. The molecular formula is C23H21N5S2. The van der Waals surface area contributed by atoms with Gasteiger partial charge in [-0.1, -0.05) is 54.2 Å². The van der Waals surface area contributed by atoms with Crippen LogP contribution in [0.3, 0.4) is 0 Å². The van der Waals surface area contributed by atoms with Gasteiger partial charge in [0.25, 0.3) is 0 Å². The molecule has 0 aliphatic rings. The van der Waals surface area contributed by atoms with E-state index in [9.17, 15) is 0 Å². The van der Waals surface area contributed by atoms with E-state index in [0.717, 1.165) is 47.5 Å². The number of thioether (sulfide) groups is 1. The van der Waals surface area contributed by atoms with E-state index in [1.165, 1.54) is 10.4 Å². The Hall–Kier alpha value is -2.90. The molecule has 0 amide bonds. The highest BCUT2D eigenvalue weighted by Gasteiger charge is 2.15. The van der Waals surface area contributed by atoms with E-state index < -0.39 is 0 Å². The van der Waals surface area contributed by atoms with Crippen LogP contribution in [0.2, 0.25) is 0 Å². The van der Waals surface area contributed by atoms with Gasteiger partial charge in [0.2, 0.25) is 0 Å². The Balaban J connectivity index is 1.36. The fourth-order valence-electron chi connectivity index (χ4n) is 3.43. The first-order valence-corrected chi connectivity index (χ1v) is 11.8. The van der Waals surface area contributed by atoms with Gasteiger partial charge in [-0.2, -0.15) is 0 Å². The minimum atomic E-state index is 0.768. The first-order valence-electron chi connectivity index (χ1n) is 9.89. The Labute approximate surface area is 183 Å². The van der Waals surface area contributed by atoms with Crippen LogP contribution in [0.15, 0.2) is 83.6 Å². The molecule has 0 fully saturated rings. The van der Waals surface area contributed by atoms with Crippen molar-refractivity contribution in [3.63, 3.8) is 0 Å². The molecule has 0 N–H and O–H groups in total. The van der Waals surface area contributed by atoms with Gasteiger partial charge in [-0.05, 0) is 35.6 Å². The quantitative estimate of drug-likeness (QED) is 0.320. The molecule has 4 heterocycles. The summed E-state index contributed by atoms with van der Waals surface area (Å²) in [5.74, 6) is 1.79. The number of imidazole rings is 1. The predicted molar refractivity (Wildman–Crippen MR) is 122 cm³/mol. The fourth-order valence-corrected chi connectivity index (χ4v) is 5.00. The molecule has 0 saturated heterocycles. The Morgan fingerprint density at radius 1 is 0.933 bits per heavy atom. The first-order chi connectivity index (χ1) is 14.8. The maximum Gasteiger partial charge on any atom is 0.191 e. The molecule has 0 aliphatic carbocycles. The molecule has 5 rings (SSSR count). The highest BCUT2D eigenvalue weighted by atomic mass is 32.2. The molecule has 5 nitrogen and oxygen atoms in total. The van der Waals surface area contributed by atoms with Gasteiger partial charge in [-0.25, -0.2) is 4.98 Å². The SMILES string of the molecule is c1ccc(CCn2c(Cc3cccs3)nnc2SCc2cn3ccccc3n2)cc1. The largest absolute Gasteiger partial charge is 0.307 e.